The number of aliphatic hydroxyl groups is 1. The molecule has 8 nitrogen and oxygen atoms in total. The maximum Gasteiger partial charge on any atom is 0.179 e. The van der Waals surface area contributed by atoms with E-state index in [9.17, 15) is 13.5 Å². The van der Waals surface area contributed by atoms with E-state index in [-0.39, 0.29) is 17.3 Å². The largest absolute Gasteiger partial charge is 0.393 e. The van der Waals surface area contributed by atoms with Gasteiger partial charge in [-0.25, -0.2) is 8.42 Å². The first-order chi connectivity index (χ1) is 12.4. The Bertz CT molecular complexity index is 759. The van der Waals surface area contributed by atoms with Gasteiger partial charge in [0.05, 0.1) is 35.3 Å². The fourth-order valence-electron chi connectivity index (χ4n) is 2.47. The summed E-state index contributed by atoms with van der Waals surface area (Å²) in [5.41, 5.74) is 5.14. The molecule has 0 saturated carbocycles. The third-order valence-electron chi connectivity index (χ3n) is 3.85. The summed E-state index contributed by atoms with van der Waals surface area (Å²) in [6, 6.07) is 3.02. The molecule has 1 aliphatic heterocycles. The van der Waals surface area contributed by atoms with Crippen LogP contribution < -0.4 is 10.8 Å². The van der Waals surface area contributed by atoms with Gasteiger partial charge in [-0.05, 0) is 32.2 Å². The molecule has 1 unspecified atom stereocenters. The van der Waals surface area contributed by atoms with Crippen LogP contribution >= 0.6 is 0 Å². The molecule has 0 saturated heterocycles. The monoisotopic (exact) mass is 382 g/mol. The number of aliphatic hydroxyl groups excluding tert-OH is 1. The Kier molecular flexibility index (Phi) is 7.15. The van der Waals surface area contributed by atoms with Gasteiger partial charge in [-0.1, -0.05) is 12.5 Å². The van der Waals surface area contributed by atoms with Gasteiger partial charge in [0.1, 0.15) is 0 Å². The summed E-state index contributed by atoms with van der Waals surface area (Å²) < 4.78 is 23.7. The minimum absolute atomic E-state index is 0.0114. The van der Waals surface area contributed by atoms with E-state index in [0.29, 0.717) is 12.4 Å². The molecule has 1 atom stereocenters. The van der Waals surface area contributed by atoms with Crippen LogP contribution in [-0.2, 0) is 14.7 Å². The van der Waals surface area contributed by atoms with E-state index in [2.05, 4.69) is 20.7 Å². The Hall–Kier alpha value is -1.94. The molecule has 0 spiro atoms. The van der Waals surface area contributed by atoms with Gasteiger partial charge >= 0.3 is 0 Å². The van der Waals surface area contributed by atoms with Crippen LogP contribution in [0.15, 0.2) is 46.8 Å². The molecule has 0 amide bonds. The second-order valence-electron chi connectivity index (χ2n) is 6.18. The number of aromatic nitrogens is 1. The molecule has 0 aromatic carbocycles. The van der Waals surface area contributed by atoms with Gasteiger partial charge in [-0.3, -0.25) is 20.2 Å². The number of likely N-dealkylation sites (N-methyl/N-ethyl adjacent to an activating group) is 1. The lowest BCUT2D eigenvalue weighted by Gasteiger charge is -2.22. The Balaban J connectivity index is 2.05. The van der Waals surface area contributed by atoms with Crippen LogP contribution in [-0.4, -0.2) is 56.0 Å². The topological polar surface area (TPSA) is 104 Å². The summed E-state index contributed by atoms with van der Waals surface area (Å²) in [4.78, 5) is 12.0. The summed E-state index contributed by atoms with van der Waals surface area (Å²) >= 11 is 0. The zero-order valence-corrected chi connectivity index (χ0v) is 16.1. The van der Waals surface area contributed by atoms with Gasteiger partial charge in [0, 0.05) is 18.9 Å². The van der Waals surface area contributed by atoms with Crippen molar-refractivity contribution in [3.05, 3.63) is 47.6 Å². The minimum atomic E-state index is -3.31. The quantitative estimate of drug-likeness (QED) is 0.593. The van der Waals surface area contributed by atoms with Gasteiger partial charge in [0.2, 0.25) is 0 Å². The fraction of sp³-hybridized carbons (Fsp3) is 0.471. The number of hydroxylamine groups is 1. The van der Waals surface area contributed by atoms with Crippen LogP contribution in [0, 0.1) is 0 Å². The van der Waals surface area contributed by atoms with Gasteiger partial charge in [-0.15, -0.1) is 0 Å². The Morgan fingerprint density at radius 2 is 2.23 bits per heavy atom. The lowest BCUT2D eigenvalue weighted by molar-refractivity contribution is -0.0395. The lowest BCUT2D eigenvalue weighted by atomic mass is 10.2. The number of sulfone groups is 1. The first-order valence-electron chi connectivity index (χ1n) is 8.36. The SMILES string of the molecule is CCS(=O)(=O)c1ccc(C(CO)ONC2=C/NCN(C)C\C(C)=C\2)nc1. The molecular formula is C17H26N4O4S. The Morgan fingerprint density at radius 3 is 2.85 bits per heavy atom. The number of allylic oxidation sites excluding steroid dienone is 1. The highest BCUT2D eigenvalue weighted by Crippen LogP contribution is 2.17. The molecule has 3 N–H and O–H groups in total. The van der Waals surface area contributed by atoms with E-state index in [4.69, 9.17) is 4.84 Å². The molecule has 0 radical (unpaired) electrons. The van der Waals surface area contributed by atoms with Crippen LogP contribution in [0.5, 0.6) is 0 Å². The van der Waals surface area contributed by atoms with Crippen molar-refractivity contribution < 1.29 is 18.4 Å². The second kappa shape index (κ2) is 9.13. The molecule has 0 bridgehead atoms. The number of pyridine rings is 1. The predicted octanol–water partition coefficient (Wildman–Crippen LogP) is 0.710. The molecule has 1 aromatic rings. The maximum absolute atomic E-state index is 11.8. The van der Waals surface area contributed by atoms with Crippen molar-refractivity contribution in [2.24, 2.45) is 0 Å². The van der Waals surface area contributed by atoms with Crippen molar-refractivity contribution in [3.63, 3.8) is 0 Å². The molecule has 0 fully saturated rings. The molecule has 1 aromatic heterocycles. The van der Waals surface area contributed by atoms with Crippen LogP contribution in [0.3, 0.4) is 0 Å². The number of nitrogens with one attached hydrogen (secondary N) is 2. The molecule has 9 heteroatoms. The van der Waals surface area contributed by atoms with Crippen molar-refractivity contribution in [2.75, 3.05) is 32.6 Å². The first-order valence-corrected chi connectivity index (χ1v) is 10.0. The number of hydrogen-bond donors (Lipinski definition) is 3. The average molecular weight is 382 g/mol. The first kappa shape index (κ1) is 20.4. The number of rotatable bonds is 7. The summed E-state index contributed by atoms with van der Waals surface area (Å²) in [5, 5.41) is 12.7. The molecule has 26 heavy (non-hydrogen) atoms. The molecule has 0 aliphatic carbocycles. The van der Waals surface area contributed by atoms with Gasteiger partial charge < -0.3 is 10.4 Å². The van der Waals surface area contributed by atoms with E-state index < -0.39 is 15.9 Å². The predicted molar refractivity (Wildman–Crippen MR) is 98.5 cm³/mol. The van der Waals surface area contributed by atoms with Crippen LogP contribution in [0.25, 0.3) is 0 Å². The van der Waals surface area contributed by atoms with E-state index in [1.54, 1.807) is 19.2 Å². The molecule has 2 heterocycles. The van der Waals surface area contributed by atoms with Crippen molar-refractivity contribution in [1.82, 2.24) is 20.7 Å². The van der Waals surface area contributed by atoms with Gasteiger partial charge in [-0.2, -0.15) is 0 Å². The Labute approximate surface area is 154 Å². The molecule has 1 aliphatic rings. The van der Waals surface area contributed by atoms with Gasteiger partial charge in [0.25, 0.3) is 0 Å². The summed E-state index contributed by atoms with van der Waals surface area (Å²) in [5.74, 6) is 0.0114. The van der Waals surface area contributed by atoms with Crippen molar-refractivity contribution in [3.8, 4) is 0 Å². The van der Waals surface area contributed by atoms with E-state index in [1.807, 2.05) is 20.0 Å². The third kappa shape index (κ3) is 5.53. The van der Waals surface area contributed by atoms with Crippen molar-refractivity contribution in [1.29, 1.82) is 0 Å². The zero-order valence-electron chi connectivity index (χ0n) is 15.3. The fourth-order valence-corrected chi connectivity index (χ4v) is 3.29. The molecule has 2 rings (SSSR count). The standard InChI is InChI=1S/C17H26N4O4S/c1-4-26(23,24)15-5-6-16(19-9-15)17(11-22)25-20-14-7-13(2)10-21(3)12-18-8-14/h5-9,17-18,20,22H,4,10-12H2,1-3H3/b13-7+,14-8+. The van der Waals surface area contributed by atoms with Crippen molar-refractivity contribution >= 4 is 9.84 Å². The molecular weight excluding hydrogens is 356 g/mol. The lowest BCUT2D eigenvalue weighted by Crippen LogP contribution is -2.32. The van der Waals surface area contributed by atoms with Gasteiger partial charge in [0.15, 0.2) is 15.9 Å². The minimum Gasteiger partial charge on any atom is -0.393 e. The Morgan fingerprint density at radius 1 is 1.46 bits per heavy atom. The van der Waals surface area contributed by atoms with E-state index >= 15 is 0 Å². The number of nitrogens with zero attached hydrogens (tertiary/aromatic N) is 2. The third-order valence-corrected chi connectivity index (χ3v) is 5.57. The highest BCUT2D eigenvalue weighted by atomic mass is 32.2. The van der Waals surface area contributed by atoms with Crippen LogP contribution in [0.4, 0.5) is 0 Å². The summed E-state index contributed by atoms with van der Waals surface area (Å²) in [7, 11) is -1.29. The normalized spacial score (nSPS) is 21.4. The maximum atomic E-state index is 11.8. The van der Waals surface area contributed by atoms with Crippen molar-refractivity contribution in [2.45, 2.75) is 24.8 Å². The number of hydrogen-bond acceptors (Lipinski definition) is 8. The highest BCUT2D eigenvalue weighted by molar-refractivity contribution is 7.91. The van der Waals surface area contributed by atoms with E-state index in [0.717, 1.165) is 17.8 Å². The van der Waals surface area contributed by atoms with Crippen LogP contribution in [0.2, 0.25) is 0 Å². The molecule has 144 valence electrons. The smallest absolute Gasteiger partial charge is 0.179 e. The van der Waals surface area contributed by atoms with E-state index in [1.165, 1.54) is 12.3 Å². The summed E-state index contributed by atoms with van der Waals surface area (Å²) in [6.45, 7) is 4.83. The van der Waals surface area contributed by atoms with Crippen LogP contribution in [0.1, 0.15) is 25.6 Å². The zero-order chi connectivity index (χ0) is 19.2. The average Bonchev–Trinajstić information content (AvgIpc) is 2.60. The second-order valence-corrected chi connectivity index (χ2v) is 8.46. The summed E-state index contributed by atoms with van der Waals surface area (Å²) in [6.07, 6.45) is 4.30. The highest BCUT2D eigenvalue weighted by Gasteiger charge is 2.17.